The molecular weight excluding hydrogens is 468 g/mol. The highest BCUT2D eigenvalue weighted by molar-refractivity contribution is 7.80. The first-order valence-corrected chi connectivity index (χ1v) is 12.2. The Labute approximate surface area is 216 Å². The van der Waals surface area contributed by atoms with Crippen molar-refractivity contribution < 1.29 is 9.26 Å². The lowest BCUT2D eigenvalue weighted by Crippen LogP contribution is -2.45. The summed E-state index contributed by atoms with van der Waals surface area (Å²) >= 11 is 5.86. The summed E-state index contributed by atoms with van der Waals surface area (Å²) in [5, 5.41) is 8.50. The molecule has 0 bridgehead atoms. The second-order valence-electron chi connectivity index (χ2n) is 8.96. The highest BCUT2D eigenvalue weighted by Gasteiger charge is 2.34. The fourth-order valence-electron chi connectivity index (χ4n) is 4.41. The van der Waals surface area contributed by atoms with E-state index in [2.05, 4.69) is 78.6 Å². The summed E-state index contributed by atoms with van der Waals surface area (Å²) in [5.41, 5.74) is 7.45. The summed E-state index contributed by atoms with van der Waals surface area (Å²) in [7, 11) is 1.64. The van der Waals surface area contributed by atoms with Gasteiger partial charge in [-0.15, -0.1) is 0 Å². The van der Waals surface area contributed by atoms with E-state index in [0.29, 0.717) is 23.4 Å². The number of aromatic nitrogens is 2. The summed E-state index contributed by atoms with van der Waals surface area (Å²) in [4.78, 5) is 6.91. The zero-order chi connectivity index (χ0) is 25.2. The molecule has 1 aliphatic rings. The van der Waals surface area contributed by atoms with E-state index in [-0.39, 0.29) is 6.04 Å². The van der Waals surface area contributed by atoms with Crippen molar-refractivity contribution in [3.8, 4) is 17.1 Å². The normalized spacial score (nSPS) is 15.7. The number of hydrogen-bond donors (Lipinski definition) is 1. The van der Waals surface area contributed by atoms with Crippen LogP contribution in [0.3, 0.4) is 0 Å². The molecule has 4 aromatic rings. The molecule has 0 saturated carbocycles. The number of allylic oxidation sites excluding steroid dienone is 1. The fourth-order valence-corrected chi connectivity index (χ4v) is 4.73. The van der Waals surface area contributed by atoms with E-state index in [0.717, 1.165) is 28.1 Å². The molecule has 1 atom stereocenters. The quantitative estimate of drug-likeness (QED) is 0.318. The van der Waals surface area contributed by atoms with Crippen LogP contribution in [-0.4, -0.2) is 27.3 Å². The van der Waals surface area contributed by atoms with Crippen LogP contribution in [0.2, 0.25) is 0 Å². The van der Waals surface area contributed by atoms with Crippen molar-refractivity contribution in [3.05, 3.63) is 107 Å². The van der Waals surface area contributed by atoms with E-state index in [1.54, 1.807) is 7.11 Å². The number of methoxy groups -OCH3 is 1. The lowest BCUT2D eigenvalue weighted by Gasteiger charge is -2.37. The maximum Gasteiger partial charge on any atom is 0.258 e. The molecule has 0 radical (unpaired) electrons. The lowest BCUT2D eigenvalue weighted by molar-refractivity contribution is 0.396. The van der Waals surface area contributed by atoms with Crippen molar-refractivity contribution in [2.45, 2.75) is 33.4 Å². The van der Waals surface area contributed by atoms with E-state index in [9.17, 15) is 0 Å². The van der Waals surface area contributed by atoms with Gasteiger partial charge in [0.2, 0.25) is 5.82 Å². The van der Waals surface area contributed by atoms with Crippen LogP contribution in [0.15, 0.2) is 83.0 Å². The summed E-state index contributed by atoms with van der Waals surface area (Å²) in [6.07, 6.45) is 0. The summed E-state index contributed by atoms with van der Waals surface area (Å²) in [5.74, 6) is 1.76. The molecule has 0 amide bonds. The number of benzene rings is 3. The molecule has 7 heteroatoms. The van der Waals surface area contributed by atoms with Gasteiger partial charge in [-0.05, 0) is 73.9 Å². The number of ether oxygens (including phenoxy) is 1. The Bertz CT molecular complexity index is 1420. The third-order valence-corrected chi connectivity index (χ3v) is 6.94. The molecule has 182 valence electrons. The van der Waals surface area contributed by atoms with Crippen LogP contribution in [0.1, 0.15) is 41.1 Å². The molecule has 0 fully saturated rings. The maximum atomic E-state index is 5.86. The van der Waals surface area contributed by atoms with Gasteiger partial charge in [-0.3, -0.25) is 0 Å². The number of rotatable bonds is 6. The monoisotopic (exact) mass is 496 g/mol. The first kappa shape index (κ1) is 23.8. The first-order valence-electron chi connectivity index (χ1n) is 11.8. The second kappa shape index (κ2) is 9.95. The van der Waals surface area contributed by atoms with Gasteiger partial charge in [0.15, 0.2) is 5.11 Å². The van der Waals surface area contributed by atoms with Crippen molar-refractivity contribution in [1.29, 1.82) is 0 Å². The van der Waals surface area contributed by atoms with Gasteiger partial charge in [-0.2, -0.15) is 4.98 Å². The minimum Gasteiger partial charge on any atom is -0.497 e. The Morgan fingerprint density at radius 2 is 1.69 bits per heavy atom. The Balaban J connectivity index is 1.58. The number of hydrogen-bond acceptors (Lipinski definition) is 5. The Morgan fingerprint density at radius 3 is 2.39 bits per heavy atom. The Kier molecular flexibility index (Phi) is 6.57. The standard InChI is InChI=1S/C29H28N4O2S/c1-18-9-11-21(12-10-18)26-25(28-31-27(32-35-28)22-13-15-24(34-4)16-14-22)20(3)33(29(36)30-26)17-23-8-6-5-7-19(23)2/h5-16,26H,17H2,1-4H3,(H,30,36). The molecule has 1 aromatic heterocycles. The van der Waals surface area contributed by atoms with Crippen LogP contribution in [-0.2, 0) is 6.54 Å². The zero-order valence-corrected chi connectivity index (χ0v) is 21.6. The van der Waals surface area contributed by atoms with Crippen LogP contribution in [0.5, 0.6) is 5.75 Å². The van der Waals surface area contributed by atoms with Gasteiger partial charge in [0.1, 0.15) is 5.75 Å². The van der Waals surface area contributed by atoms with Gasteiger partial charge in [0.05, 0.1) is 25.3 Å². The largest absolute Gasteiger partial charge is 0.497 e. The molecule has 5 rings (SSSR count). The topological polar surface area (TPSA) is 63.4 Å². The van der Waals surface area contributed by atoms with Crippen molar-refractivity contribution in [3.63, 3.8) is 0 Å². The van der Waals surface area contributed by atoms with E-state index >= 15 is 0 Å². The Hall–Kier alpha value is -3.97. The molecule has 0 aliphatic carbocycles. The maximum absolute atomic E-state index is 5.86. The van der Waals surface area contributed by atoms with Gasteiger partial charge in [-0.25, -0.2) is 0 Å². The van der Waals surface area contributed by atoms with Crippen LogP contribution >= 0.6 is 12.2 Å². The first-order chi connectivity index (χ1) is 17.4. The number of nitrogens with zero attached hydrogens (tertiary/aromatic N) is 3. The molecule has 3 aromatic carbocycles. The molecular formula is C29H28N4O2S. The molecule has 2 heterocycles. The van der Waals surface area contributed by atoms with E-state index in [1.807, 2.05) is 30.3 Å². The average molecular weight is 497 g/mol. The fraction of sp³-hybridized carbons (Fsp3) is 0.207. The van der Waals surface area contributed by atoms with Gasteiger partial charge in [0, 0.05) is 11.3 Å². The molecule has 1 unspecified atom stereocenters. The van der Waals surface area contributed by atoms with Gasteiger partial charge in [-0.1, -0.05) is 59.3 Å². The van der Waals surface area contributed by atoms with Crippen molar-refractivity contribution >= 4 is 22.9 Å². The minimum atomic E-state index is -0.213. The van der Waals surface area contributed by atoms with Crippen LogP contribution < -0.4 is 10.1 Å². The van der Waals surface area contributed by atoms with Gasteiger partial charge in [0.25, 0.3) is 5.89 Å². The summed E-state index contributed by atoms with van der Waals surface area (Å²) in [6.45, 7) is 6.91. The molecule has 36 heavy (non-hydrogen) atoms. The smallest absolute Gasteiger partial charge is 0.258 e. The molecule has 1 aliphatic heterocycles. The summed E-state index contributed by atoms with van der Waals surface area (Å²) in [6, 6.07) is 24.2. The van der Waals surface area contributed by atoms with Crippen LogP contribution in [0, 0.1) is 13.8 Å². The van der Waals surface area contributed by atoms with Crippen LogP contribution in [0.25, 0.3) is 17.0 Å². The average Bonchev–Trinajstić information content (AvgIpc) is 3.37. The number of thiocarbonyl (C=S) groups is 1. The van der Waals surface area contributed by atoms with Crippen LogP contribution in [0.4, 0.5) is 0 Å². The van der Waals surface area contributed by atoms with Gasteiger partial charge >= 0.3 is 0 Å². The number of aryl methyl sites for hydroxylation is 2. The Morgan fingerprint density at radius 1 is 0.972 bits per heavy atom. The van der Waals surface area contributed by atoms with Crippen molar-refractivity contribution in [1.82, 2.24) is 20.4 Å². The zero-order valence-electron chi connectivity index (χ0n) is 20.8. The minimum absolute atomic E-state index is 0.213. The second-order valence-corrected chi connectivity index (χ2v) is 9.34. The molecule has 6 nitrogen and oxygen atoms in total. The highest BCUT2D eigenvalue weighted by atomic mass is 32.1. The highest BCUT2D eigenvalue weighted by Crippen LogP contribution is 2.38. The van der Waals surface area contributed by atoms with Crippen molar-refractivity contribution in [2.75, 3.05) is 7.11 Å². The number of nitrogens with one attached hydrogen (secondary N) is 1. The summed E-state index contributed by atoms with van der Waals surface area (Å²) < 4.78 is 11.1. The van der Waals surface area contributed by atoms with E-state index in [1.165, 1.54) is 16.7 Å². The third kappa shape index (κ3) is 4.62. The molecule has 1 N–H and O–H groups in total. The predicted octanol–water partition coefficient (Wildman–Crippen LogP) is 6.22. The third-order valence-electron chi connectivity index (χ3n) is 6.60. The molecule has 0 saturated heterocycles. The van der Waals surface area contributed by atoms with E-state index in [4.69, 9.17) is 26.5 Å². The lowest BCUT2D eigenvalue weighted by atomic mass is 9.94. The SMILES string of the molecule is COc1ccc(-c2noc(C3=C(C)N(Cc4ccccc4C)C(=S)NC3c3ccc(C)cc3)n2)cc1. The molecule has 0 spiro atoms. The van der Waals surface area contributed by atoms with Gasteiger partial charge < -0.3 is 19.5 Å². The van der Waals surface area contributed by atoms with E-state index < -0.39 is 0 Å². The van der Waals surface area contributed by atoms with Crippen molar-refractivity contribution in [2.24, 2.45) is 0 Å². The predicted molar refractivity (Wildman–Crippen MR) is 145 cm³/mol.